The minimum Gasteiger partial charge on any atom is -0.360 e. The molecule has 1 aliphatic heterocycles. The Morgan fingerprint density at radius 1 is 1.13 bits per heavy atom. The molecular weight excluding hydrogens is 374 g/mol. The van der Waals surface area contributed by atoms with Crippen LogP contribution in [0, 0.1) is 18.3 Å². The van der Waals surface area contributed by atoms with Gasteiger partial charge in [-0.05, 0) is 42.8 Å². The molecule has 1 aliphatic rings. The van der Waals surface area contributed by atoms with Gasteiger partial charge < -0.3 is 9.42 Å². The van der Waals surface area contributed by atoms with Gasteiger partial charge in [-0.1, -0.05) is 24.2 Å². The van der Waals surface area contributed by atoms with E-state index >= 15 is 0 Å². The van der Waals surface area contributed by atoms with Crippen LogP contribution in [-0.2, 0) is 7.05 Å². The Morgan fingerprint density at radius 3 is 2.63 bits per heavy atom. The summed E-state index contributed by atoms with van der Waals surface area (Å²) in [6.45, 7) is 4.90. The van der Waals surface area contributed by atoms with Crippen LogP contribution in [0.1, 0.15) is 29.9 Å². The van der Waals surface area contributed by atoms with Gasteiger partial charge in [0, 0.05) is 53.8 Å². The van der Waals surface area contributed by atoms with Gasteiger partial charge in [-0.3, -0.25) is 4.68 Å². The van der Waals surface area contributed by atoms with Crippen LogP contribution in [0.5, 0.6) is 0 Å². The Hall–Kier alpha value is -3.85. The van der Waals surface area contributed by atoms with E-state index in [1.807, 2.05) is 55.3 Å². The second-order valence-electron chi connectivity index (χ2n) is 7.81. The first-order chi connectivity index (χ1) is 14.5. The first-order valence-electron chi connectivity index (χ1n) is 9.92. The Bertz CT molecular complexity index is 1280. The summed E-state index contributed by atoms with van der Waals surface area (Å²) < 4.78 is 7.55. The summed E-state index contributed by atoms with van der Waals surface area (Å²) in [4.78, 5) is 2.30. The second-order valence-corrected chi connectivity index (χ2v) is 7.81. The van der Waals surface area contributed by atoms with Crippen molar-refractivity contribution < 1.29 is 4.52 Å². The number of aromatic nitrogens is 3. The maximum absolute atomic E-state index is 9.18. The number of anilines is 2. The fourth-order valence-corrected chi connectivity index (χ4v) is 4.18. The van der Waals surface area contributed by atoms with Gasteiger partial charge in [-0.2, -0.15) is 10.4 Å². The monoisotopic (exact) mass is 395 g/mol. The lowest BCUT2D eigenvalue weighted by Crippen LogP contribution is -2.21. The van der Waals surface area contributed by atoms with Gasteiger partial charge in [0.05, 0.1) is 23.5 Å². The summed E-state index contributed by atoms with van der Waals surface area (Å²) in [5.41, 5.74) is 8.03. The van der Waals surface area contributed by atoms with Crippen molar-refractivity contribution in [1.82, 2.24) is 14.9 Å². The second kappa shape index (κ2) is 6.89. The van der Waals surface area contributed by atoms with E-state index in [9.17, 15) is 5.26 Å². The van der Waals surface area contributed by atoms with Crippen LogP contribution in [0.4, 0.5) is 11.4 Å². The molecule has 2 aromatic heterocycles. The minimum atomic E-state index is 0.158. The first kappa shape index (κ1) is 18.2. The number of aryl methyl sites for hydroxylation is 2. The molecule has 0 saturated carbocycles. The molecule has 6 nitrogen and oxygen atoms in total. The quantitative estimate of drug-likeness (QED) is 0.468. The summed E-state index contributed by atoms with van der Waals surface area (Å²) in [6.07, 6.45) is 3.90. The number of rotatable bonds is 2. The van der Waals surface area contributed by atoms with Crippen molar-refractivity contribution in [2.45, 2.75) is 19.8 Å². The Labute approximate surface area is 175 Å². The molecule has 0 radical (unpaired) electrons. The molecule has 30 heavy (non-hydrogen) atoms. The normalized spacial score (nSPS) is 15.3. The van der Waals surface area contributed by atoms with E-state index in [1.165, 1.54) is 0 Å². The molecule has 0 aliphatic carbocycles. The summed E-state index contributed by atoms with van der Waals surface area (Å²) in [7, 11) is 1.92. The highest BCUT2D eigenvalue weighted by atomic mass is 16.5. The first-order valence-corrected chi connectivity index (χ1v) is 9.92. The maximum atomic E-state index is 9.18. The van der Waals surface area contributed by atoms with Gasteiger partial charge in [0.2, 0.25) is 0 Å². The molecule has 0 amide bonds. The SMILES string of the molecule is Cc1noc2c1-c1ccc(-c3cnn(C)c3)cc1N(c1ccc(C#N)cc1)CC2C. The number of benzene rings is 2. The van der Waals surface area contributed by atoms with E-state index in [-0.39, 0.29) is 5.92 Å². The molecule has 6 heteroatoms. The fourth-order valence-electron chi connectivity index (χ4n) is 4.18. The zero-order valence-corrected chi connectivity index (χ0v) is 17.1. The maximum Gasteiger partial charge on any atom is 0.149 e. The zero-order valence-electron chi connectivity index (χ0n) is 17.1. The molecule has 3 heterocycles. The van der Waals surface area contributed by atoms with Crippen LogP contribution in [0.15, 0.2) is 59.4 Å². The standard InChI is InChI=1S/C24H21N5O/c1-15-13-29(20-7-4-17(11-25)5-8-20)22-10-18(19-12-26-28(3)14-19)6-9-21(22)23-16(2)27-30-24(15)23/h4-10,12,14-15H,13H2,1-3H3. The Kier molecular flexibility index (Phi) is 4.18. The van der Waals surface area contributed by atoms with Gasteiger partial charge in [-0.15, -0.1) is 0 Å². The number of nitrogens with zero attached hydrogens (tertiary/aromatic N) is 5. The van der Waals surface area contributed by atoms with Crippen molar-refractivity contribution in [3.05, 3.63) is 71.9 Å². The van der Waals surface area contributed by atoms with Crippen molar-refractivity contribution in [2.24, 2.45) is 7.05 Å². The van der Waals surface area contributed by atoms with E-state index in [4.69, 9.17) is 4.52 Å². The lowest BCUT2D eigenvalue weighted by Gasteiger charge is -2.27. The molecule has 1 unspecified atom stereocenters. The van der Waals surface area contributed by atoms with Gasteiger partial charge in [0.1, 0.15) is 5.76 Å². The summed E-state index contributed by atoms with van der Waals surface area (Å²) in [6, 6.07) is 16.4. The molecule has 2 aromatic carbocycles. The average molecular weight is 395 g/mol. The number of hydrogen-bond donors (Lipinski definition) is 0. The molecule has 4 aromatic rings. The molecule has 0 spiro atoms. The van der Waals surface area contributed by atoms with Crippen LogP contribution < -0.4 is 4.90 Å². The average Bonchev–Trinajstić information content (AvgIpc) is 3.34. The third kappa shape index (κ3) is 2.87. The van der Waals surface area contributed by atoms with Crippen LogP contribution in [0.2, 0.25) is 0 Å². The van der Waals surface area contributed by atoms with E-state index in [2.05, 4.69) is 46.3 Å². The molecule has 5 rings (SSSR count). The molecule has 1 atom stereocenters. The highest BCUT2D eigenvalue weighted by molar-refractivity contribution is 5.89. The highest BCUT2D eigenvalue weighted by Crippen LogP contribution is 2.46. The Morgan fingerprint density at radius 2 is 1.93 bits per heavy atom. The van der Waals surface area contributed by atoms with Crippen molar-refractivity contribution in [3.63, 3.8) is 0 Å². The smallest absolute Gasteiger partial charge is 0.149 e. The lowest BCUT2D eigenvalue weighted by molar-refractivity contribution is 0.364. The topological polar surface area (TPSA) is 70.9 Å². The summed E-state index contributed by atoms with van der Waals surface area (Å²) in [5.74, 6) is 1.07. The van der Waals surface area contributed by atoms with Crippen molar-refractivity contribution >= 4 is 11.4 Å². The van der Waals surface area contributed by atoms with E-state index < -0.39 is 0 Å². The fraction of sp³-hybridized carbons (Fsp3) is 0.208. The van der Waals surface area contributed by atoms with E-state index in [0.717, 1.165) is 51.6 Å². The molecule has 0 saturated heterocycles. The number of hydrogen-bond acceptors (Lipinski definition) is 5. The molecular formula is C24H21N5O. The molecule has 148 valence electrons. The summed E-state index contributed by atoms with van der Waals surface area (Å²) in [5, 5.41) is 17.8. The highest BCUT2D eigenvalue weighted by Gasteiger charge is 2.30. The molecule has 0 bridgehead atoms. The van der Waals surface area contributed by atoms with Gasteiger partial charge in [-0.25, -0.2) is 0 Å². The van der Waals surface area contributed by atoms with Crippen LogP contribution in [-0.4, -0.2) is 21.5 Å². The number of fused-ring (bicyclic) bond motifs is 3. The minimum absolute atomic E-state index is 0.158. The van der Waals surface area contributed by atoms with Gasteiger partial charge in [0.15, 0.2) is 0 Å². The molecule has 0 fully saturated rings. The third-order valence-corrected chi connectivity index (χ3v) is 5.70. The van der Waals surface area contributed by atoms with Crippen molar-refractivity contribution in [1.29, 1.82) is 5.26 Å². The predicted molar refractivity (Wildman–Crippen MR) is 115 cm³/mol. The molecule has 0 N–H and O–H groups in total. The van der Waals surface area contributed by atoms with Crippen molar-refractivity contribution in [3.8, 4) is 28.3 Å². The van der Waals surface area contributed by atoms with Crippen LogP contribution in [0.25, 0.3) is 22.3 Å². The van der Waals surface area contributed by atoms with Crippen molar-refractivity contribution in [2.75, 3.05) is 11.4 Å². The third-order valence-electron chi connectivity index (χ3n) is 5.70. The summed E-state index contributed by atoms with van der Waals surface area (Å²) >= 11 is 0. The van der Waals surface area contributed by atoms with Crippen LogP contribution in [0.3, 0.4) is 0 Å². The zero-order chi connectivity index (χ0) is 20.8. The van der Waals surface area contributed by atoms with Gasteiger partial charge in [0.25, 0.3) is 0 Å². The number of nitriles is 1. The van der Waals surface area contributed by atoms with Gasteiger partial charge >= 0.3 is 0 Å². The van der Waals surface area contributed by atoms with E-state index in [1.54, 1.807) is 0 Å². The lowest BCUT2D eigenvalue weighted by atomic mass is 9.96. The van der Waals surface area contributed by atoms with E-state index in [0.29, 0.717) is 5.56 Å². The Balaban J connectivity index is 1.73. The largest absolute Gasteiger partial charge is 0.360 e. The predicted octanol–water partition coefficient (Wildman–Crippen LogP) is 5.18. The van der Waals surface area contributed by atoms with Crippen LogP contribution >= 0.6 is 0 Å².